The molecule has 0 aromatic carbocycles. The summed E-state index contributed by atoms with van der Waals surface area (Å²) in [5.41, 5.74) is -0.110. The Balaban J connectivity index is 1.77. The molecule has 0 amide bonds. The molecule has 2 aliphatic heterocycles. The average molecular weight is 312 g/mol. The molecule has 0 radical (unpaired) electrons. The molecular weight excluding hydrogens is 292 g/mol. The lowest BCUT2D eigenvalue weighted by molar-refractivity contribution is -0.0740. The molecule has 0 unspecified atom stereocenters. The second kappa shape index (κ2) is 5.51. The normalized spacial score (nSPS) is 22.4. The van der Waals surface area contributed by atoms with Crippen LogP contribution in [0.3, 0.4) is 0 Å². The molecule has 0 bridgehead atoms. The maximum atomic E-state index is 11.4. The highest BCUT2D eigenvalue weighted by Crippen LogP contribution is 2.29. The minimum atomic E-state index is -3.30. The zero-order valence-electron chi connectivity index (χ0n) is 12.1. The van der Waals surface area contributed by atoms with Crippen LogP contribution in [0.1, 0.15) is 12.8 Å². The van der Waals surface area contributed by atoms with Crippen LogP contribution in [0.2, 0.25) is 0 Å². The maximum Gasteiger partial charge on any atom is 0.194 e. The second-order valence-electron chi connectivity index (χ2n) is 5.69. The van der Waals surface area contributed by atoms with Gasteiger partial charge in [0.1, 0.15) is 5.82 Å². The number of hydrogen-bond acceptors (Lipinski definition) is 7. The van der Waals surface area contributed by atoms with Crippen molar-refractivity contribution in [2.75, 3.05) is 43.9 Å². The van der Waals surface area contributed by atoms with Gasteiger partial charge < -0.3 is 15.0 Å². The Morgan fingerprint density at radius 3 is 2.67 bits per heavy atom. The summed E-state index contributed by atoms with van der Waals surface area (Å²) >= 11 is 0. The lowest BCUT2D eigenvalue weighted by Crippen LogP contribution is -2.56. The van der Waals surface area contributed by atoms with Gasteiger partial charge in [-0.1, -0.05) is 0 Å². The van der Waals surface area contributed by atoms with Crippen molar-refractivity contribution in [2.45, 2.75) is 23.5 Å². The van der Waals surface area contributed by atoms with Crippen molar-refractivity contribution >= 4 is 15.7 Å². The number of piperidine rings is 1. The van der Waals surface area contributed by atoms with Crippen molar-refractivity contribution in [3.63, 3.8) is 0 Å². The fourth-order valence-corrected chi connectivity index (χ4v) is 3.38. The molecule has 21 heavy (non-hydrogen) atoms. The molecule has 3 heterocycles. The van der Waals surface area contributed by atoms with E-state index >= 15 is 0 Å². The quantitative estimate of drug-likeness (QED) is 0.812. The Morgan fingerprint density at radius 1 is 1.29 bits per heavy atom. The molecule has 3 rings (SSSR count). The van der Waals surface area contributed by atoms with Crippen LogP contribution in [0.5, 0.6) is 0 Å². The molecule has 8 heteroatoms. The molecule has 7 nitrogen and oxygen atoms in total. The van der Waals surface area contributed by atoms with Gasteiger partial charge in [0.25, 0.3) is 0 Å². The van der Waals surface area contributed by atoms with Crippen molar-refractivity contribution in [1.82, 2.24) is 15.3 Å². The Morgan fingerprint density at radius 2 is 2.05 bits per heavy atom. The third-order valence-electron chi connectivity index (χ3n) is 4.08. The first-order valence-electron chi connectivity index (χ1n) is 7.10. The van der Waals surface area contributed by atoms with E-state index in [4.69, 9.17) is 4.74 Å². The van der Waals surface area contributed by atoms with Crippen LogP contribution in [-0.2, 0) is 14.6 Å². The third kappa shape index (κ3) is 3.17. The van der Waals surface area contributed by atoms with Crippen molar-refractivity contribution in [3.05, 3.63) is 12.4 Å². The van der Waals surface area contributed by atoms with Gasteiger partial charge >= 0.3 is 0 Å². The lowest BCUT2D eigenvalue weighted by Gasteiger charge is -2.45. The van der Waals surface area contributed by atoms with E-state index in [1.54, 1.807) is 0 Å². The summed E-state index contributed by atoms with van der Waals surface area (Å²) in [6.07, 6.45) is 5.97. The molecule has 1 aromatic rings. The van der Waals surface area contributed by atoms with E-state index in [-0.39, 0.29) is 10.6 Å². The Bertz CT molecular complexity index is 591. The highest BCUT2D eigenvalue weighted by molar-refractivity contribution is 7.90. The molecule has 1 N–H and O–H groups in total. The summed E-state index contributed by atoms with van der Waals surface area (Å²) in [5.74, 6) is 0.712. The van der Waals surface area contributed by atoms with Gasteiger partial charge in [-0.15, -0.1) is 0 Å². The maximum absolute atomic E-state index is 11.4. The molecular formula is C13H20N4O3S. The van der Waals surface area contributed by atoms with Gasteiger partial charge in [-0.3, -0.25) is 0 Å². The first-order valence-corrected chi connectivity index (χ1v) is 8.99. The van der Waals surface area contributed by atoms with Gasteiger partial charge in [0.15, 0.2) is 14.9 Å². The van der Waals surface area contributed by atoms with E-state index in [0.717, 1.165) is 45.3 Å². The van der Waals surface area contributed by atoms with Crippen LogP contribution in [-0.4, -0.2) is 63.0 Å². The van der Waals surface area contributed by atoms with Gasteiger partial charge in [-0.05, 0) is 25.9 Å². The molecule has 0 atom stereocenters. The number of aromatic nitrogens is 2. The standard InChI is InChI=1S/C13H20N4O3S/c1-21(18,19)12-9-15-11(8-16-12)17-6-7-20-13(10-17)2-4-14-5-3-13/h8-9,14H,2-7,10H2,1H3. The summed E-state index contributed by atoms with van der Waals surface area (Å²) in [6, 6.07) is 0. The zero-order chi connectivity index (χ0) is 14.9. The lowest BCUT2D eigenvalue weighted by atomic mass is 9.90. The van der Waals surface area contributed by atoms with E-state index in [1.165, 1.54) is 12.4 Å². The molecule has 2 saturated heterocycles. The smallest absolute Gasteiger partial charge is 0.194 e. The van der Waals surface area contributed by atoms with Crippen molar-refractivity contribution in [2.24, 2.45) is 0 Å². The van der Waals surface area contributed by atoms with Crippen LogP contribution < -0.4 is 10.2 Å². The van der Waals surface area contributed by atoms with Gasteiger partial charge in [0.2, 0.25) is 0 Å². The summed E-state index contributed by atoms with van der Waals surface area (Å²) in [4.78, 5) is 10.4. The number of hydrogen-bond donors (Lipinski definition) is 1. The van der Waals surface area contributed by atoms with Crippen molar-refractivity contribution < 1.29 is 13.2 Å². The first-order chi connectivity index (χ1) is 9.99. The highest BCUT2D eigenvalue weighted by Gasteiger charge is 2.38. The summed E-state index contributed by atoms with van der Waals surface area (Å²) < 4.78 is 28.8. The molecule has 116 valence electrons. The van der Waals surface area contributed by atoms with E-state index in [1.807, 2.05) is 0 Å². The Kier molecular flexibility index (Phi) is 3.85. The van der Waals surface area contributed by atoms with Crippen molar-refractivity contribution in [1.29, 1.82) is 0 Å². The first kappa shape index (κ1) is 14.7. The van der Waals surface area contributed by atoms with Crippen LogP contribution >= 0.6 is 0 Å². The fraction of sp³-hybridized carbons (Fsp3) is 0.692. The van der Waals surface area contributed by atoms with E-state index in [2.05, 4.69) is 20.2 Å². The third-order valence-corrected chi connectivity index (χ3v) is 5.05. The molecule has 2 fully saturated rings. The summed E-state index contributed by atoms with van der Waals surface area (Å²) in [7, 11) is -3.30. The number of nitrogens with one attached hydrogen (secondary N) is 1. The van der Waals surface area contributed by atoms with Crippen LogP contribution in [0, 0.1) is 0 Å². The molecule has 2 aliphatic rings. The van der Waals surface area contributed by atoms with Crippen LogP contribution in [0.15, 0.2) is 17.4 Å². The molecule has 0 saturated carbocycles. The number of rotatable bonds is 2. The second-order valence-corrected chi connectivity index (χ2v) is 7.65. The number of ether oxygens (including phenoxy) is 1. The topological polar surface area (TPSA) is 84.4 Å². The highest BCUT2D eigenvalue weighted by atomic mass is 32.2. The SMILES string of the molecule is CS(=O)(=O)c1cnc(N2CCOC3(CCNCC3)C2)cn1. The number of morpholine rings is 1. The summed E-state index contributed by atoms with van der Waals surface area (Å²) in [6.45, 7) is 4.12. The minimum Gasteiger partial charge on any atom is -0.371 e. The fourth-order valence-electron chi connectivity index (χ4n) is 2.89. The number of sulfone groups is 1. The summed E-state index contributed by atoms with van der Waals surface area (Å²) in [5, 5.41) is 3.35. The number of nitrogens with zero attached hydrogens (tertiary/aromatic N) is 3. The largest absolute Gasteiger partial charge is 0.371 e. The monoisotopic (exact) mass is 312 g/mol. The van der Waals surface area contributed by atoms with E-state index in [0.29, 0.717) is 12.4 Å². The molecule has 0 aliphatic carbocycles. The number of anilines is 1. The van der Waals surface area contributed by atoms with Crippen molar-refractivity contribution in [3.8, 4) is 0 Å². The molecule has 1 spiro atoms. The van der Waals surface area contributed by atoms with Crippen LogP contribution in [0.4, 0.5) is 5.82 Å². The molecule has 1 aromatic heterocycles. The Labute approximate surface area is 124 Å². The van der Waals surface area contributed by atoms with E-state index < -0.39 is 9.84 Å². The predicted molar refractivity (Wildman–Crippen MR) is 78.1 cm³/mol. The van der Waals surface area contributed by atoms with Gasteiger partial charge in [-0.2, -0.15) is 0 Å². The van der Waals surface area contributed by atoms with Crippen LogP contribution in [0.25, 0.3) is 0 Å². The van der Waals surface area contributed by atoms with E-state index in [9.17, 15) is 8.42 Å². The van der Waals surface area contributed by atoms with Gasteiger partial charge in [0, 0.05) is 19.3 Å². The van der Waals surface area contributed by atoms with Gasteiger partial charge in [-0.25, -0.2) is 18.4 Å². The minimum absolute atomic E-state index is 0.0103. The zero-order valence-corrected chi connectivity index (χ0v) is 12.9. The Hall–Kier alpha value is -1.25. The van der Waals surface area contributed by atoms with Gasteiger partial charge in [0.05, 0.1) is 24.6 Å². The predicted octanol–water partition coefficient (Wildman–Crippen LogP) is -0.161. The average Bonchev–Trinajstić information content (AvgIpc) is 2.47.